The first-order chi connectivity index (χ1) is 13.2. The zero-order valence-electron chi connectivity index (χ0n) is 20.9. The summed E-state index contributed by atoms with van der Waals surface area (Å²) < 4.78 is 11.8. The summed E-state index contributed by atoms with van der Waals surface area (Å²) in [6, 6.07) is 13.6. The van der Waals surface area contributed by atoms with Gasteiger partial charge in [0.05, 0.1) is 0 Å². The van der Waals surface area contributed by atoms with Gasteiger partial charge in [-0.15, -0.1) is 0 Å². The average Bonchev–Trinajstić information content (AvgIpc) is 3.20. The van der Waals surface area contributed by atoms with Crippen molar-refractivity contribution in [2.75, 3.05) is 0 Å². The molecular weight excluding hydrogens is 630 g/mol. The van der Waals surface area contributed by atoms with Crippen molar-refractivity contribution < 1.29 is 36.2 Å². The van der Waals surface area contributed by atoms with Gasteiger partial charge in [-0.3, -0.25) is 0 Å². The summed E-state index contributed by atoms with van der Waals surface area (Å²) in [6.45, 7) is 11.9. The molecule has 0 spiro atoms. The molecule has 0 saturated carbocycles. The summed E-state index contributed by atoms with van der Waals surface area (Å²) >= 11 is -4.89. The van der Waals surface area contributed by atoms with Gasteiger partial charge in [0.1, 0.15) is 0 Å². The quantitative estimate of drug-likeness (QED) is 0.432. The Morgan fingerprint density at radius 2 is 1.47 bits per heavy atom. The molecule has 5 heteroatoms. The molecular formula is C27H40Cl2HfSi2-2. The van der Waals surface area contributed by atoms with E-state index in [1.807, 2.05) is 0 Å². The van der Waals surface area contributed by atoms with Crippen LogP contribution in [0.3, 0.4) is 0 Å². The van der Waals surface area contributed by atoms with Gasteiger partial charge < -0.3 is 24.8 Å². The fourth-order valence-electron chi connectivity index (χ4n) is 6.16. The van der Waals surface area contributed by atoms with E-state index >= 15 is 0 Å². The number of hydrogen-bond acceptors (Lipinski definition) is 0. The van der Waals surface area contributed by atoms with Crippen molar-refractivity contribution in [3.8, 4) is 0 Å². The number of benzene rings is 2. The molecule has 0 radical (unpaired) electrons. The molecule has 2 aliphatic carbocycles. The first-order valence-corrected chi connectivity index (χ1v) is 46.7. The average molecular weight is 670 g/mol. The van der Waals surface area contributed by atoms with Gasteiger partial charge in [0.2, 0.25) is 0 Å². The molecule has 2 aliphatic rings. The van der Waals surface area contributed by atoms with Crippen LogP contribution in [-0.2, 0) is 11.3 Å². The number of hydrogen-bond donors (Lipinski definition) is 0. The van der Waals surface area contributed by atoms with Crippen LogP contribution < -0.4 is 24.8 Å². The van der Waals surface area contributed by atoms with Crippen LogP contribution in [0.1, 0.15) is 42.0 Å². The molecule has 2 unspecified atom stereocenters. The molecule has 0 nitrogen and oxygen atoms in total. The third-order valence-electron chi connectivity index (χ3n) is 8.30. The third kappa shape index (κ3) is 4.42. The monoisotopic (exact) mass is 670 g/mol. The summed E-state index contributed by atoms with van der Waals surface area (Å²) in [5, 5.41) is 2.73. The largest absolute Gasteiger partial charge is 1.00 e. The smallest absolute Gasteiger partial charge is 1.00 e. The number of allylic oxidation sites excluding steroid dienone is 5. The van der Waals surface area contributed by atoms with Crippen LogP contribution in [0.25, 0.3) is 16.8 Å². The van der Waals surface area contributed by atoms with E-state index in [1.165, 1.54) is 27.5 Å². The molecule has 2 atom stereocenters. The molecule has 176 valence electrons. The van der Waals surface area contributed by atoms with Crippen molar-refractivity contribution in [3.05, 3.63) is 77.4 Å². The van der Waals surface area contributed by atoms with Crippen molar-refractivity contribution in [3.63, 3.8) is 0 Å². The summed E-state index contributed by atoms with van der Waals surface area (Å²) in [4.78, 5) is 0. The topological polar surface area (TPSA) is 0 Å². The normalized spacial score (nSPS) is 24.8. The fraction of sp³-hybridized carbons (Fsp3) is 0.407. The van der Waals surface area contributed by atoms with Gasteiger partial charge in [-0.1, -0.05) is 0 Å². The fourth-order valence-corrected chi connectivity index (χ4v) is 38.6. The second-order valence-electron chi connectivity index (χ2n) is 17.4. The molecule has 0 aliphatic heterocycles. The summed E-state index contributed by atoms with van der Waals surface area (Å²) in [7, 11) is 0. The predicted octanol–water partition coefficient (Wildman–Crippen LogP) is 1.22. The van der Waals surface area contributed by atoms with Crippen LogP contribution in [0.4, 0.5) is 0 Å². The minimum Gasteiger partial charge on any atom is -1.00 e. The van der Waals surface area contributed by atoms with Gasteiger partial charge in [-0.25, -0.2) is 0 Å². The summed E-state index contributed by atoms with van der Waals surface area (Å²) in [5.41, 5.74) is 4.81. The number of halogens is 2. The van der Waals surface area contributed by atoms with Crippen LogP contribution in [0.5, 0.6) is 0 Å². The third-order valence-corrected chi connectivity index (χ3v) is 54.1. The SMILES string of the molecule is CC(C)(C)CC1=C[CH]([Hf]([CH3])([CH3])([CH3])([CH3])(=[SiH2])(=[SiH2])[CH]2C=Cc3c2ccc2ccccc32)C=C1.[Cl-].[Cl-]. The van der Waals surface area contributed by atoms with E-state index < -0.39 is 11.3 Å². The summed E-state index contributed by atoms with van der Waals surface area (Å²) in [6.07, 6.45) is 13.8. The van der Waals surface area contributed by atoms with Crippen LogP contribution >= 0.6 is 0 Å². The molecule has 0 aromatic heterocycles. The Balaban J connectivity index is 0.00000181. The maximum atomic E-state index is 2.72. The molecule has 0 fully saturated rings. The van der Waals surface area contributed by atoms with Crippen LogP contribution in [0.2, 0.25) is 22.4 Å². The predicted molar refractivity (Wildman–Crippen MR) is 141 cm³/mol. The van der Waals surface area contributed by atoms with Crippen molar-refractivity contribution >= 4 is 30.7 Å². The second kappa shape index (κ2) is 6.13. The van der Waals surface area contributed by atoms with E-state index in [2.05, 4.69) is 120 Å². The Hall–Kier alpha value is -0.196. The van der Waals surface area contributed by atoms with Gasteiger partial charge in [0.15, 0.2) is 0 Å². The van der Waals surface area contributed by atoms with Gasteiger partial charge in [0.25, 0.3) is 0 Å². The molecule has 2 aromatic rings. The van der Waals surface area contributed by atoms with E-state index in [0.29, 0.717) is 12.8 Å². The van der Waals surface area contributed by atoms with E-state index in [0.717, 1.165) is 6.42 Å². The van der Waals surface area contributed by atoms with Crippen molar-refractivity contribution in [1.82, 2.24) is 0 Å². The van der Waals surface area contributed by atoms with Gasteiger partial charge in [0, 0.05) is 0 Å². The number of rotatable bonds is 3. The first-order valence-electron chi connectivity index (χ1n) is 11.6. The minimum absolute atomic E-state index is 0. The van der Waals surface area contributed by atoms with Crippen molar-refractivity contribution in [2.24, 2.45) is 5.41 Å². The van der Waals surface area contributed by atoms with E-state index in [1.54, 1.807) is 0 Å². The Labute approximate surface area is 201 Å². The molecule has 0 N–H and O–H groups in total. The Kier molecular flexibility index (Phi) is 5.37. The molecule has 0 saturated heterocycles. The maximum Gasteiger partial charge on any atom is -1.00 e. The molecule has 32 heavy (non-hydrogen) atoms. The van der Waals surface area contributed by atoms with Crippen molar-refractivity contribution in [1.29, 1.82) is 0 Å². The first kappa shape index (κ1) is 28.0. The molecule has 0 bridgehead atoms. The van der Waals surface area contributed by atoms with Crippen LogP contribution in [0.15, 0.2) is 66.3 Å². The Bertz CT molecular complexity index is 1470. The molecule has 0 heterocycles. The van der Waals surface area contributed by atoms with Gasteiger partial charge in [-0.2, -0.15) is 0 Å². The Morgan fingerprint density at radius 1 is 0.844 bits per heavy atom. The number of fused-ring (bicyclic) bond motifs is 3. The van der Waals surface area contributed by atoms with Crippen molar-refractivity contribution in [2.45, 2.75) is 53.3 Å². The van der Waals surface area contributed by atoms with Crippen LogP contribution in [-0.4, -0.2) is 13.9 Å². The molecule has 0 amide bonds. The zero-order valence-corrected chi connectivity index (χ0v) is 28.8. The van der Waals surface area contributed by atoms with Crippen LogP contribution in [0, 0.1) is 5.41 Å². The maximum absolute atomic E-state index is 4.89. The molecule has 2 aromatic carbocycles. The Morgan fingerprint density at radius 3 is 2.09 bits per heavy atom. The minimum atomic E-state index is -4.89. The van der Waals surface area contributed by atoms with Gasteiger partial charge in [-0.05, 0) is 0 Å². The van der Waals surface area contributed by atoms with E-state index in [4.69, 9.17) is 0 Å². The second-order valence-corrected chi connectivity index (χ2v) is 165. The summed E-state index contributed by atoms with van der Waals surface area (Å²) in [5.74, 6) is 0. The van der Waals surface area contributed by atoms with Gasteiger partial charge >= 0.3 is 178 Å². The van der Waals surface area contributed by atoms with E-state index in [-0.39, 0.29) is 24.8 Å². The zero-order chi connectivity index (χ0) is 22.4. The van der Waals surface area contributed by atoms with E-state index in [9.17, 15) is 0 Å². The standard InChI is InChI=1S/C13H9.C10H15.4CH3.2ClH.Hf.2H2Si/c1-2-6-12-10(4-1)8-9-11-5-3-7-13(11)12;1-10(2,3)8-9-6-4-5-7-9;;;;;;;;;/h1-9H;4-7H,8H2,1-3H3;4*1H3;2*1H;;2*1H2/p-2. The molecule has 4 rings (SSSR count).